The molecule has 260 valence electrons. The maximum absolute atomic E-state index is 2.51. The second-order valence-electron chi connectivity index (χ2n) is 14.7. The van der Waals surface area contributed by atoms with Gasteiger partial charge in [0.1, 0.15) is 0 Å². The van der Waals surface area contributed by atoms with E-state index < -0.39 is 0 Å². The van der Waals surface area contributed by atoms with Crippen LogP contribution in [0.2, 0.25) is 0 Å². The van der Waals surface area contributed by atoms with Crippen LogP contribution in [0.25, 0.3) is 109 Å². The molecule has 0 aliphatic rings. The first-order valence-electron chi connectivity index (χ1n) is 19.4. The van der Waals surface area contributed by atoms with Crippen LogP contribution < -0.4 is 0 Å². The van der Waals surface area contributed by atoms with Gasteiger partial charge in [0.25, 0.3) is 0 Å². The molecule has 11 aromatic carbocycles. The first-order chi connectivity index (χ1) is 27.8. The van der Waals surface area contributed by atoms with Crippen molar-refractivity contribution in [2.75, 3.05) is 0 Å². The van der Waals surface area contributed by atoms with Crippen LogP contribution in [0.3, 0.4) is 0 Å². The Kier molecular flexibility index (Phi) is 7.60. The minimum atomic E-state index is 1.19. The van der Waals surface area contributed by atoms with E-state index in [9.17, 15) is 0 Å². The summed E-state index contributed by atoms with van der Waals surface area (Å²) in [6, 6.07) is 80.5. The monoisotopic (exact) mass is 708 g/mol. The Morgan fingerprint density at radius 1 is 0.196 bits per heavy atom. The third kappa shape index (κ3) is 5.00. The number of hydrogen-bond donors (Lipinski definition) is 0. The largest absolute Gasteiger partial charge is 0.0622 e. The number of fused-ring (bicyclic) bond motifs is 8. The highest BCUT2D eigenvalue weighted by Gasteiger charge is 2.28. The summed E-state index contributed by atoms with van der Waals surface area (Å²) in [4.78, 5) is 0. The summed E-state index contributed by atoms with van der Waals surface area (Å²) in [5.41, 5.74) is 12.2. The van der Waals surface area contributed by atoms with Crippen molar-refractivity contribution in [1.29, 1.82) is 0 Å². The van der Waals surface area contributed by atoms with Gasteiger partial charge >= 0.3 is 0 Å². The predicted octanol–water partition coefficient (Wildman–Crippen LogP) is 15.8. The normalized spacial score (nSPS) is 11.6. The molecule has 0 nitrogen and oxygen atoms in total. The van der Waals surface area contributed by atoms with Crippen LogP contribution in [0.5, 0.6) is 0 Å². The summed E-state index contributed by atoms with van der Waals surface area (Å²) in [5, 5.41) is 12.6. The summed E-state index contributed by atoms with van der Waals surface area (Å²) >= 11 is 0. The fraction of sp³-hybridized carbons (Fsp3) is 0. The maximum atomic E-state index is 2.51. The van der Waals surface area contributed by atoms with Crippen molar-refractivity contribution in [1.82, 2.24) is 0 Å². The second-order valence-corrected chi connectivity index (χ2v) is 14.7. The van der Waals surface area contributed by atoms with Gasteiger partial charge in [0.15, 0.2) is 0 Å². The van der Waals surface area contributed by atoms with Crippen LogP contribution >= 0.6 is 0 Å². The van der Waals surface area contributed by atoms with E-state index in [1.807, 2.05) is 0 Å². The van der Waals surface area contributed by atoms with E-state index in [4.69, 9.17) is 0 Å². The van der Waals surface area contributed by atoms with Crippen LogP contribution in [-0.4, -0.2) is 0 Å². The number of rotatable bonds is 5. The van der Waals surface area contributed by atoms with E-state index in [0.29, 0.717) is 0 Å². The van der Waals surface area contributed by atoms with Crippen LogP contribution in [0.1, 0.15) is 0 Å². The zero-order chi connectivity index (χ0) is 37.0. The van der Waals surface area contributed by atoms with Crippen molar-refractivity contribution in [2.24, 2.45) is 0 Å². The minimum absolute atomic E-state index is 1.19. The van der Waals surface area contributed by atoms with E-state index in [-0.39, 0.29) is 0 Å². The van der Waals surface area contributed by atoms with E-state index in [2.05, 4.69) is 218 Å². The Morgan fingerprint density at radius 2 is 0.607 bits per heavy atom. The molecule has 0 aliphatic heterocycles. The van der Waals surface area contributed by atoms with Crippen LogP contribution in [0.15, 0.2) is 218 Å². The minimum Gasteiger partial charge on any atom is -0.0622 e. The van der Waals surface area contributed by atoms with Crippen LogP contribution in [0, 0.1) is 0 Å². The molecule has 0 atom stereocenters. The summed E-state index contributed by atoms with van der Waals surface area (Å²) in [6.07, 6.45) is 0. The second kappa shape index (κ2) is 13.2. The molecule has 0 saturated carbocycles. The molecule has 0 heteroatoms. The van der Waals surface area contributed by atoms with E-state index in [0.717, 1.165) is 0 Å². The lowest BCUT2D eigenvalue weighted by Gasteiger charge is -2.27. The SMILES string of the molecule is c1ccc(-c2cc3c(-c4ccccc4)c4c5ccccc5c5ccccc5c4c(-c4ccccc4)c3c(-c3cccc4ccccc34)c2-c2ccccc2)cc1. The van der Waals surface area contributed by atoms with Gasteiger partial charge in [-0.3, -0.25) is 0 Å². The quantitative estimate of drug-likeness (QED) is 0.123. The Labute approximate surface area is 326 Å². The molecule has 0 heterocycles. The van der Waals surface area contributed by atoms with Gasteiger partial charge in [-0.05, 0) is 116 Å². The molecule has 0 unspecified atom stereocenters. The topological polar surface area (TPSA) is 0 Å². The Morgan fingerprint density at radius 3 is 1.18 bits per heavy atom. The molecule has 0 spiro atoms. The Balaban J connectivity index is 1.54. The highest BCUT2D eigenvalue weighted by Crippen LogP contribution is 2.56. The summed E-state index contributed by atoms with van der Waals surface area (Å²) in [6.45, 7) is 0. The molecule has 0 saturated heterocycles. The molecular formula is C56H36. The van der Waals surface area contributed by atoms with Crippen molar-refractivity contribution < 1.29 is 0 Å². The average molecular weight is 709 g/mol. The van der Waals surface area contributed by atoms with E-state index in [1.165, 1.54) is 109 Å². The Hall–Kier alpha value is -7.28. The van der Waals surface area contributed by atoms with Crippen LogP contribution in [0.4, 0.5) is 0 Å². The smallest absolute Gasteiger partial charge is 0.000697 e. The molecule has 0 fully saturated rings. The van der Waals surface area contributed by atoms with Crippen molar-refractivity contribution in [3.63, 3.8) is 0 Å². The molecule has 0 amide bonds. The molecule has 0 aromatic heterocycles. The van der Waals surface area contributed by atoms with Gasteiger partial charge in [0.05, 0.1) is 0 Å². The highest BCUT2D eigenvalue weighted by molar-refractivity contribution is 6.39. The van der Waals surface area contributed by atoms with Gasteiger partial charge in [-0.25, -0.2) is 0 Å². The third-order valence-corrected chi connectivity index (χ3v) is 11.6. The van der Waals surface area contributed by atoms with E-state index >= 15 is 0 Å². The molecule has 0 bridgehead atoms. The third-order valence-electron chi connectivity index (χ3n) is 11.6. The van der Waals surface area contributed by atoms with Gasteiger partial charge in [-0.15, -0.1) is 0 Å². The molecular weight excluding hydrogens is 673 g/mol. The lowest BCUT2D eigenvalue weighted by atomic mass is 9.75. The van der Waals surface area contributed by atoms with Gasteiger partial charge in [0.2, 0.25) is 0 Å². The lowest BCUT2D eigenvalue weighted by molar-refractivity contribution is 1.59. The predicted molar refractivity (Wildman–Crippen MR) is 241 cm³/mol. The Bertz CT molecular complexity index is 3250. The van der Waals surface area contributed by atoms with Gasteiger partial charge in [-0.2, -0.15) is 0 Å². The maximum Gasteiger partial charge on any atom is -0.000697 e. The number of hydrogen-bond acceptors (Lipinski definition) is 0. The van der Waals surface area contributed by atoms with Gasteiger partial charge < -0.3 is 0 Å². The highest BCUT2D eigenvalue weighted by atomic mass is 14.3. The molecule has 11 aromatic rings. The molecule has 0 radical (unpaired) electrons. The standard InChI is InChI=1S/C56H36/c1-5-20-38(21-6-1)48-36-49-51(40-25-9-3-10-26-40)54-46-33-17-15-31-43(46)44-32-16-18-34-47(44)55(54)52(41-27-11-4-12-28-41)56(49)53(50(48)39-23-7-2-8-24-39)45-35-19-29-37-22-13-14-30-42(37)45/h1-36H. The van der Waals surface area contributed by atoms with Crippen molar-refractivity contribution >= 4 is 53.9 Å². The van der Waals surface area contributed by atoms with Gasteiger partial charge in [0, 0.05) is 0 Å². The first-order valence-corrected chi connectivity index (χ1v) is 19.4. The summed E-state index contributed by atoms with van der Waals surface area (Å²) in [5.74, 6) is 0. The first kappa shape index (κ1) is 32.2. The molecule has 0 aliphatic carbocycles. The zero-order valence-corrected chi connectivity index (χ0v) is 30.8. The molecule has 56 heavy (non-hydrogen) atoms. The van der Waals surface area contributed by atoms with Crippen molar-refractivity contribution in [3.8, 4) is 55.6 Å². The summed E-state index contributed by atoms with van der Waals surface area (Å²) in [7, 11) is 0. The van der Waals surface area contributed by atoms with Gasteiger partial charge in [-0.1, -0.05) is 212 Å². The van der Waals surface area contributed by atoms with Crippen molar-refractivity contribution in [2.45, 2.75) is 0 Å². The molecule has 0 N–H and O–H groups in total. The fourth-order valence-electron chi connectivity index (χ4n) is 9.32. The summed E-state index contributed by atoms with van der Waals surface area (Å²) < 4.78 is 0. The fourth-order valence-corrected chi connectivity index (χ4v) is 9.32. The number of benzene rings is 11. The average Bonchev–Trinajstić information content (AvgIpc) is 3.28. The lowest BCUT2D eigenvalue weighted by Crippen LogP contribution is -1.99. The van der Waals surface area contributed by atoms with E-state index in [1.54, 1.807) is 0 Å². The van der Waals surface area contributed by atoms with Crippen LogP contribution in [-0.2, 0) is 0 Å². The molecule has 11 rings (SSSR count). The zero-order valence-electron chi connectivity index (χ0n) is 30.8. The van der Waals surface area contributed by atoms with Crippen molar-refractivity contribution in [3.05, 3.63) is 218 Å².